The van der Waals surface area contributed by atoms with Crippen LogP contribution in [0.25, 0.3) is 220 Å². The molecule has 22 rings (SSSR count). The van der Waals surface area contributed by atoms with Crippen molar-refractivity contribution >= 4 is 119 Å². The molecule has 0 saturated carbocycles. The molecule has 0 unspecified atom stereocenters. The molecule has 4 aromatic heterocycles. The van der Waals surface area contributed by atoms with Gasteiger partial charge in [0.15, 0.2) is 11.6 Å². The van der Waals surface area contributed by atoms with E-state index >= 15 is 0 Å². The van der Waals surface area contributed by atoms with Crippen LogP contribution in [0.5, 0.6) is 0 Å². The van der Waals surface area contributed by atoms with E-state index < -0.39 is 0 Å². The third-order valence-corrected chi connectivity index (χ3v) is 21.8. The van der Waals surface area contributed by atoms with Gasteiger partial charge in [-0.3, -0.25) is 0 Å². The summed E-state index contributed by atoms with van der Waals surface area (Å²) >= 11 is 0. The number of rotatable bonds is 9. The molecule has 0 atom stereocenters. The van der Waals surface area contributed by atoms with Crippen molar-refractivity contribution in [1.82, 2.24) is 29.9 Å². The number of fused-ring (bicyclic) bond motifs is 19. The third-order valence-electron chi connectivity index (χ3n) is 21.8. The van der Waals surface area contributed by atoms with Crippen molar-refractivity contribution in [3.63, 3.8) is 0 Å². The topological polar surface area (TPSA) is 77.3 Å². The smallest absolute Gasteiger partial charge is 0.160 e. The van der Waals surface area contributed by atoms with Crippen molar-refractivity contribution < 1.29 is 0 Å². The summed E-state index contributed by atoms with van der Waals surface area (Å²) in [6.07, 6.45) is 0. The van der Waals surface area contributed by atoms with E-state index in [-0.39, 0.29) is 0 Å². The summed E-state index contributed by atoms with van der Waals surface area (Å²) in [5, 5.41) is 21.6. The summed E-state index contributed by atoms with van der Waals surface area (Å²) in [5.41, 5.74) is 20.8. The molecule has 6 heteroatoms. The Morgan fingerprint density at radius 2 is 0.400 bits per heavy atom. The van der Waals surface area contributed by atoms with E-state index in [1.54, 1.807) is 0 Å². The maximum atomic E-state index is 5.38. The summed E-state index contributed by atoms with van der Waals surface area (Å²) in [7, 11) is 0. The standard InChI is InChI=1S/C53H33N3.C51H31N3/c1-2-14-34(15-3-1)37-16-12-18-39(32-37)51-46-25-9-11-27-48(46)55-53(56-51)36-30-28-35(29-31-36)38-17-13-19-40(33-38)52-50-44-23-7-5-21-42(44)41-20-4-6-22-43(41)49(50)45-24-8-10-26-47(45)54-52;1-2-13-35-31-38(29-26-32(35)12-1)49-44-21-8-10-23-46(44)53-51(54-49)34-27-24-33(25-28-34)36-14-11-15-37(30-36)50-48-42-19-6-4-17-40(42)39-16-3-5-18-41(39)47(48)43-20-7-9-22-45(43)52-50/h1-33H;1-31H. The first-order valence-corrected chi connectivity index (χ1v) is 37.4. The Morgan fingerprint density at radius 1 is 0.127 bits per heavy atom. The van der Waals surface area contributed by atoms with Gasteiger partial charge in [0.1, 0.15) is 0 Å². The molecule has 0 radical (unpaired) electrons. The highest BCUT2D eigenvalue weighted by Crippen LogP contribution is 2.46. The average Bonchev–Trinajstić information content (AvgIpc) is 0.721. The zero-order chi connectivity index (χ0) is 72.6. The van der Waals surface area contributed by atoms with E-state index in [1.165, 1.54) is 91.7 Å². The maximum absolute atomic E-state index is 5.38. The van der Waals surface area contributed by atoms with Gasteiger partial charge in [0.2, 0.25) is 0 Å². The molecular formula is C104H64N6. The SMILES string of the molecule is c1cc(-c2ccc(-c3nc(-c4ccc5ccccc5c4)c4ccccc4n3)cc2)cc(-c2nc3ccccc3c3c4ccccc4c4ccccc4c23)c1.c1ccc(-c2cccc(-c3nc(-c4ccc(-c5cccc(-c6nc7ccccc7c7c8ccccc8c8ccccc8c67)c5)cc4)nc4ccccc34)c2)cc1. The molecular weight excluding hydrogens is 1330 g/mol. The molecule has 0 N–H and O–H groups in total. The Kier molecular flexibility index (Phi) is 15.5. The number of hydrogen-bond donors (Lipinski definition) is 0. The zero-order valence-corrected chi connectivity index (χ0v) is 59.6. The first-order chi connectivity index (χ1) is 54.5. The van der Waals surface area contributed by atoms with E-state index in [2.05, 4.69) is 370 Å². The summed E-state index contributed by atoms with van der Waals surface area (Å²) in [5.74, 6) is 1.41. The van der Waals surface area contributed by atoms with Crippen molar-refractivity contribution in [2.24, 2.45) is 0 Å². The Hall–Kier alpha value is -14.7. The molecule has 0 saturated heterocycles. The highest BCUT2D eigenvalue weighted by molar-refractivity contribution is 6.35. The number of para-hydroxylation sites is 4. The van der Waals surface area contributed by atoms with Gasteiger partial charge in [-0.1, -0.05) is 340 Å². The minimum absolute atomic E-state index is 0.704. The Labute approximate surface area is 634 Å². The Morgan fingerprint density at radius 3 is 0.818 bits per heavy atom. The van der Waals surface area contributed by atoms with Crippen LogP contribution < -0.4 is 0 Å². The van der Waals surface area contributed by atoms with Crippen LogP contribution in [0.15, 0.2) is 388 Å². The molecule has 18 aromatic carbocycles. The molecule has 0 amide bonds. The van der Waals surface area contributed by atoms with Crippen molar-refractivity contribution in [1.29, 1.82) is 0 Å². The van der Waals surface area contributed by atoms with Crippen molar-refractivity contribution in [3.8, 4) is 101 Å². The van der Waals surface area contributed by atoms with Crippen molar-refractivity contribution in [2.45, 2.75) is 0 Å². The molecule has 0 aliphatic heterocycles. The second-order valence-corrected chi connectivity index (χ2v) is 28.3. The van der Waals surface area contributed by atoms with E-state index in [0.717, 1.165) is 117 Å². The van der Waals surface area contributed by atoms with Crippen LogP contribution in [-0.2, 0) is 0 Å². The summed E-state index contributed by atoms with van der Waals surface area (Å²) in [6, 6.07) is 138. The average molecular weight is 1400 g/mol. The number of benzene rings is 18. The predicted molar refractivity (Wildman–Crippen MR) is 461 cm³/mol. The lowest BCUT2D eigenvalue weighted by atomic mass is 9.89. The zero-order valence-electron chi connectivity index (χ0n) is 59.6. The van der Waals surface area contributed by atoms with Crippen LogP contribution in [0.1, 0.15) is 0 Å². The lowest BCUT2D eigenvalue weighted by molar-refractivity contribution is 1.23. The highest BCUT2D eigenvalue weighted by atomic mass is 14.9. The lowest BCUT2D eigenvalue weighted by Gasteiger charge is -2.16. The summed E-state index contributed by atoms with van der Waals surface area (Å²) in [6.45, 7) is 0. The summed E-state index contributed by atoms with van der Waals surface area (Å²) in [4.78, 5) is 31.2. The van der Waals surface area contributed by atoms with Gasteiger partial charge in [0.05, 0.1) is 44.8 Å². The van der Waals surface area contributed by atoms with Gasteiger partial charge in [-0.25, -0.2) is 29.9 Å². The fraction of sp³-hybridized carbons (Fsp3) is 0. The minimum atomic E-state index is 0.704. The molecule has 0 fully saturated rings. The van der Waals surface area contributed by atoms with Crippen LogP contribution >= 0.6 is 0 Å². The van der Waals surface area contributed by atoms with Crippen molar-refractivity contribution in [3.05, 3.63) is 388 Å². The molecule has 22 aromatic rings. The molecule has 110 heavy (non-hydrogen) atoms. The van der Waals surface area contributed by atoms with Gasteiger partial charge >= 0.3 is 0 Å². The van der Waals surface area contributed by atoms with Gasteiger partial charge in [-0.15, -0.1) is 0 Å². The van der Waals surface area contributed by atoms with Crippen molar-refractivity contribution in [2.75, 3.05) is 0 Å². The molecule has 0 aliphatic rings. The molecule has 0 aliphatic carbocycles. The molecule has 6 nitrogen and oxygen atoms in total. The summed E-state index contributed by atoms with van der Waals surface area (Å²) < 4.78 is 0. The first-order valence-electron chi connectivity index (χ1n) is 37.4. The van der Waals surface area contributed by atoms with Gasteiger partial charge < -0.3 is 0 Å². The van der Waals surface area contributed by atoms with Crippen LogP contribution in [0.4, 0.5) is 0 Å². The molecule has 0 bridgehead atoms. The van der Waals surface area contributed by atoms with Gasteiger partial charge in [-0.05, 0) is 136 Å². The predicted octanol–water partition coefficient (Wildman–Crippen LogP) is 27.4. The minimum Gasteiger partial charge on any atom is -0.247 e. The van der Waals surface area contributed by atoms with Crippen LogP contribution in [0.2, 0.25) is 0 Å². The fourth-order valence-electron chi connectivity index (χ4n) is 16.7. The van der Waals surface area contributed by atoms with E-state index in [1.807, 2.05) is 18.2 Å². The second kappa shape index (κ2) is 26.7. The van der Waals surface area contributed by atoms with E-state index in [0.29, 0.717) is 11.6 Å². The maximum Gasteiger partial charge on any atom is 0.160 e. The normalized spacial score (nSPS) is 11.6. The number of nitrogens with zero attached hydrogens (tertiary/aromatic N) is 6. The van der Waals surface area contributed by atoms with Gasteiger partial charge in [0, 0.05) is 76.5 Å². The van der Waals surface area contributed by atoms with Crippen LogP contribution in [0.3, 0.4) is 0 Å². The monoisotopic (exact) mass is 1400 g/mol. The lowest BCUT2D eigenvalue weighted by Crippen LogP contribution is -1.95. The second-order valence-electron chi connectivity index (χ2n) is 28.3. The first kappa shape index (κ1) is 63.7. The molecule has 0 spiro atoms. The van der Waals surface area contributed by atoms with Gasteiger partial charge in [0.25, 0.3) is 0 Å². The fourth-order valence-corrected chi connectivity index (χ4v) is 16.7. The quantitative estimate of drug-likeness (QED) is 0.134. The van der Waals surface area contributed by atoms with E-state index in [4.69, 9.17) is 29.9 Å². The van der Waals surface area contributed by atoms with Crippen LogP contribution in [-0.4, -0.2) is 29.9 Å². The Bertz CT molecular complexity index is 7460. The molecule has 4 heterocycles. The highest BCUT2D eigenvalue weighted by Gasteiger charge is 2.22. The number of hydrogen-bond acceptors (Lipinski definition) is 6. The van der Waals surface area contributed by atoms with Gasteiger partial charge in [-0.2, -0.15) is 0 Å². The van der Waals surface area contributed by atoms with Crippen LogP contribution in [0, 0.1) is 0 Å². The largest absolute Gasteiger partial charge is 0.247 e. The Balaban J connectivity index is 0.000000140. The third kappa shape index (κ3) is 11.1. The number of pyridine rings is 2. The number of aromatic nitrogens is 6. The molecule has 510 valence electrons. The van der Waals surface area contributed by atoms with E-state index in [9.17, 15) is 0 Å².